The Morgan fingerprint density at radius 2 is 1.47 bits per heavy atom. The monoisotopic (exact) mass is 445 g/mol. The molecule has 0 amide bonds. The molecule has 1 aliphatic heterocycles. The van der Waals surface area contributed by atoms with Crippen LogP contribution < -0.4 is 23.7 Å². The van der Waals surface area contributed by atoms with Crippen molar-refractivity contribution in [3.8, 4) is 28.7 Å². The molecular formula is C24H31NO7. The van der Waals surface area contributed by atoms with Gasteiger partial charge in [0.1, 0.15) is 23.3 Å². The van der Waals surface area contributed by atoms with E-state index in [4.69, 9.17) is 23.7 Å². The number of methoxy groups -OCH3 is 5. The van der Waals surface area contributed by atoms with Crippen molar-refractivity contribution in [1.82, 2.24) is 4.90 Å². The standard InChI is InChI=1S/C24H31NO7/c1-28-15-9-10-19(29-2)16(12-15)23(25-11-7-6-8-18(25)24(26)27)17-13-21(31-4)22(32-5)14-20(17)30-3/h9-10,12-14,18,23H,6-8,11H2,1-5H3,(H,26,27). The molecule has 0 aromatic heterocycles. The smallest absolute Gasteiger partial charge is 0.320 e. The summed E-state index contributed by atoms with van der Waals surface area (Å²) in [6.45, 7) is 0.611. The molecule has 1 heterocycles. The quantitative estimate of drug-likeness (QED) is 0.624. The molecule has 174 valence electrons. The zero-order valence-electron chi connectivity index (χ0n) is 19.2. The summed E-state index contributed by atoms with van der Waals surface area (Å²) in [5, 5.41) is 10.0. The lowest BCUT2D eigenvalue weighted by Crippen LogP contribution is -2.47. The van der Waals surface area contributed by atoms with Crippen molar-refractivity contribution in [2.24, 2.45) is 0 Å². The molecule has 0 aliphatic carbocycles. The molecule has 2 atom stereocenters. The lowest BCUT2D eigenvalue weighted by molar-refractivity contribution is -0.145. The topological polar surface area (TPSA) is 86.7 Å². The second kappa shape index (κ2) is 10.5. The Balaban J connectivity index is 2.30. The Bertz CT molecular complexity index is 946. The van der Waals surface area contributed by atoms with Gasteiger partial charge in [0.05, 0.1) is 41.6 Å². The third-order valence-corrected chi connectivity index (χ3v) is 5.92. The van der Waals surface area contributed by atoms with Crippen molar-refractivity contribution in [3.05, 3.63) is 41.5 Å². The first kappa shape index (κ1) is 23.5. The molecule has 3 rings (SSSR count). The number of carboxylic acid groups (broad SMARTS) is 1. The summed E-state index contributed by atoms with van der Waals surface area (Å²) in [6.07, 6.45) is 2.31. The van der Waals surface area contributed by atoms with Gasteiger partial charge in [0.15, 0.2) is 11.5 Å². The van der Waals surface area contributed by atoms with Gasteiger partial charge in [-0.25, -0.2) is 0 Å². The summed E-state index contributed by atoms with van der Waals surface area (Å²) in [4.78, 5) is 14.2. The third kappa shape index (κ3) is 4.55. The van der Waals surface area contributed by atoms with Crippen LogP contribution in [0, 0.1) is 0 Å². The van der Waals surface area contributed by atoms with E-state index in [0.29, 0.717) is 41.7 Å². The highest BCUT2D eigenvalue weighted by Gasteiger charge is 2.38. The Morgan fingerprint density at radius 1 is 0.844 bits per heavy atom. The van der Waals surface area contributed by atoms with Gasteiger partial charge in [-0.3, -0.25) is 9.69 Å². The number of rotatable bonds is 9. The van der Waals surface area contributed by atoms with Crippen LogP contribution in [-0.2, 0) is 4.79 Å². The zero-order chi connectivity index (χ0) is 23.3. The number of aliphatic carboxylic acids is 1. The fraction of sp³-hybridized carbons (Fsp3) is 0.458. The Labute approximate surface area is 188 Å². The molecule has 1 fully saturated rings. The predicted molar refractivity (Wildman–Crippen MR) is 119 cm³/mol. The van der Waals surface area contributed by atoms with E-state index in [9.17, 15) is 9.90 Å². The van der Waals surface area contributed by atoms with E-state index in [1.165, 1.54) is 0 Å². The minimum Gasteiger partial charge on any atom is -0.497 e. The van der Waals surface area contributed by atoms with Crippen LogP contribution in [0.25, 0.3) is 0 Å². The molecule has 32 heavy (non-hydrogen) atoms. The van der Waals surface area contributed by atoms with Crippen LogP contribution in [0.4, 0.5) is 0 Å². The summed E-state index contributed by atoms with van der Waals surface area (Å²) in [6, 6.07) is 8.00. The van der Waals surface area contributed by atoms with Gasteiger partial charge in [0.25, 0.3) is 0 Å². The third-order valence-electron chi connectivity index (χ3n) is 5.92. The van der Waals surface area contributed by atoms with Crippen molar-refractivity contribution in [2.45, 2.75) is 31.3 Å². The molecular weight excluding hydrogens is 414 g/mol. The summed E-state index contributed by atoms with van der Waals surface area (Å²) >= 11 is 0. The van der Waals surface area contributed by atoms with Gasteiger partial charge < -0.3 is 28.8 Å². The number of carboxylic acids is 1. The van der Waals surface area contributed by atoms with Crippen molar-refractivity contribution in [2.75, 3.05) is 42.1 Å². The van der Waals surface area contributed by atoms with Gasteiger partial charge in [0, 0.05) is 17.2 Å². The largest absolute Gasteiger partial charge is 0.497 e. The number of carbonyl (C=O) groups is 1. The van der Waals surface area contributed by atoms with Crippen LogP contribution in [0.5, 0.6) is 28.7 Å². The maximum absolute atomic E-state index is 12.2. The maximum atomic E-state index is 12.2. The first-order valence-electron chi connectivity index (χ1n) is 10.5. The molecule has 2 aromatic carbocycles. The molecule has 1 aliphatic rings. The Kier molecular flexibility index (Phi) is 7.69. The number of nitrogens with zero attached hydrogens (tertiary/aromatic N) is 1. The van der Waals surface area contributed by atoms with Gasteiger partial charge in [-0.15, -0.1) is 0 Å². The minimum atomic E-state index is -0.851. The average Bonchev–Trinajstić information content (AvgIpc) is 2.83. The van der Waals surface area contributed by atoms with Gasteiger partial charge in [0.2, 0.25) is 0 Å². The molecule has 0 spiro atoms. The number of hydrogen-bond acceptors (Lipinski definition) is 7. The molecule has 2 unspecified atom stereocenters. The average molecular weight is 446 g/mol. The summed E-state index contributed by atoms with van der Waals surface area (Å²) < 4.78 is 27.9. The van der Waals surface area contributed by atoms with Crippen molar-refractivity contribution >= 4 is 5.97 Å². The Morgan fingerprint density at radius 3 is 2.06 bits per heavy atom. The highest BCUT2D eigenvalue weighted by molar-refractivity contribution is 5.74. The van der Waals surface area contributed by atoms with E-state index < -0.39 is 18.1 Å². The summed E-state index contributed by atoms with van der Waals surface area (Å²) in [5.41, 5.74) is 1.54. The first-order chi connectivity index (χ1) is 15.5. The number of likely N-dealkylation sites (tertiary alicyclic amines) is 1. The van der Waals surface area contributed by atoms with Crippen molar-refractivity contribution in [3.63, 3.8) is 0 Å². The van der Waals surface area contributed by atoms with E-state index in [2.05, 4.69) is 0 Å². The van der Waals surface area contributed by atoms with Crippen LogP contribution >= 0.6 is 0 Å². The highest BCUT2D eigenvalue weighted by atomic mass is 16.5. The van der Waals surface area contributed by atoms with Crippen molar-refractivity contribution in [1.29, 1.82) is 0 Å². The van der Waals surface area contributed by atoms with Crippen LogP contribution in [0.1, 0.15) is 36.4 Å². The molecule has 2 aromatic rings. The van der Waals surface area contributed by atoms with E-state index in [1.54, 1.807) is 41.6 Å². The van der Waals surface area contributed by atoms with Crippen LogP contribution in [0.15, 0.2) is 30.3 Å². The van der Waals surface area contributed by atoms with Crippen LogP contribution in [0.3, 0.4) is 0 Å². The lowest BCUT2D eigenvalue weighted by atomic mass is 9.90. The lowest BCUT2D eigenvalue weighted by Gasteiger charge is -2.40. The predicted octanol–water partition coefficient (Wildman–Crippen LogP) is 3.76. The van der Waals surface area contributed by atoms with E-state index in [-0.39, 0.29) is 0 Å². The van der Waals surface area contributed by atoms with Crippen LogP contribution in [0.2, 0.25) is 0 Å². The molecule has 0 bridgehead atoms. The molecule has 8 nitrogen and oxygen atoms in total. The zero-order valence-corrected chi connectivity index (χ0v) is 19.2. The van der Waals surface area contributed by atoms with Crippen LogP contribution in [-0.4, -0.2) is 64.1 Å². The second-order valence-corrected chi connectivity index (χ2v) is 7.55. The SMILES string of the molecule is COc1ccc(OC)c(C(c2cc(OC)c(OC)cc2OC)N2CCCCC2C(=O)O)c1. The van der Waals surface area contributed by atoms with E-state index in [1.807, 2.05) is 29.2 Å². The summed E-state index contributed by atoms with van der Waals surface area (Å²) in [5.74, 6) is 2.04. The number of piperidine rings is 1. The number of benzene rings is 2. The first-order valence-corrected chi connectivity index (χ1v) is 10.5. The Hall–Kier alpha value is -3.13. The fourth-order valence-electron chi connectivity index (χ4n) is 4.37. The molecule has 1 N–H and O–H groups in total. The molecule has 1 saturated heterocycles. The number of ether oxygens (including phenoxy) is 5. The highest BCUT2D eigenvalue weighted by Crippen LogP contribution is 2.46. The van der Waals surface area contributed by atoms with Gasteiger partial charge in [-0.05, 0) is 43.7 Å². The summed E-state index contributed by atoms with van der Waals surface area (Å²) in [7, 11) is 7.90. The van der Waals surface area contributed by atoms with Gasteiger partial charge >= 0.3 is 5.97 Å². The number of hydrogen-bond donors (Lipinski definition) is 1. The van der Waals surface area contributed by atoms with Crippen molar-refractivity contribution < 1.29 is 33.6 Å². The van der Waals surface area contributed by atoms with E-state index in [0.717, 1.165) is 24.0 Å². The maximum Gasteiger partial charge on any atom is 0.320 e. The second-order valence-electron chi connectivity index (χ2n) is 7.55. The van der Waals surface area contributed by atoms with E-state index >= 15 is 0 Å². The minimum absolute atomic E-state index is 0.476. The fourth-order valence-corrected chi connectivity index (χ4v) is 4.37. The van der Waals surface area contributed by atoms with Gasteiger partial charge in [-0.2, -0.15) is 0 Å². The molecule has 8 heteroatoms. The normalized spacial score (nSPS) is 17.3. The molecule has 0 radical (unpaired) electrons. The molecule has 0 saturated carbocycles. The van der Waals surface area contributed by atoms with Gasteiger partial charge in [-0.1, -0.05) is 6.42 Å².